The number of anilines is 1. The van der Waals surface area contributed by atoms with Gasteiger partial charge in [0.25, 0.3) is 5.91 Å². The number of nitriles is 1. The fourth-order valence-electron chi connectivity index (χ4n) is 3.49. The number of hydrogen-bond donors (Lipinski definition) is 1. The molecule has 1 atom stereocenters. The number of para-hydroxylation sites is 3. The van der Waals surface area contributed by atoms with E-state index in [0.717, 1.165) is 29.8 Å². The van der Waals surface area contributed by atoms with E-state index in [0.29, 0.717) is 25.4 Å². The van der Waals surface area contributed by atoms with Crippen LogP contribution in [-0.4, -0.2) is 31.7 Å². The van der Waals surface area contributed by atoms with Crippen molar-refractivity contribution < 1.29 is 14.3 Å². The molecule has 142 valence electrons. The zero-order chi connectivity index (χ0) is 19.3. The third kappa shape index (κ3) is 3.65. The molecule has 1 N–H and O–H groups in total. The number of ether oxygens (including phenoxy) is 2. The number of rotatable bonds is 4. The van der Waals surface area contributed by atoms with Crippen LogP contribution in [-0.2, 0) is 11.2 Å². The normalized spacial score (nSPS) is 18.0. The van der Waals surface area contributed by atoms with Gasteiger partial charge in [0.05, 0.1) is 6.54 Å². The van der Waals surface area contributed by atoms with Crippen molar-refractivity contribution in [1.82, 2.24) is 5.32 Å². The van der Waals surface area contributed by atoms with Crippen LogP contribution in [0.25, 0.3) is 0 Å². The van der Waals surface area contributed by atoms with Crippen molar-refractivity contribution in [3.05, 3.63) is 65.9 Å². The number of nitrogens with zero attached hydrogens (tertiary/aromatic N) is 2. The Balaban J connectivity index is 1.40. The molecule has 1 unspecified atom stereocenters. The minimum Gasteiger partial charge on any atom is -0.486 e. The van der Waals surface area contributed by atoms with Gasteiger partial charge in [-0.15, -0.1) is 0 Å². The summed E-state index contributed by atoms with van der Waals surface area (Å²) in [5.74, 6) is 1.14. The minimum atomic E-state index is -0.284. The molecule has 0 radical (unpaired) electrons. The zero-order valence-corrected chi connectivity index (χ0v) is 15.4. The predicted octanol–water partition coefficient (Wildman–Crippen LogP) is 2.80. The number of carbonyl (C=O) groups excluding carboxylic acids is 1. The average Bonchev–Trinajstić information content (AvgIpc) is 2.76. The molecule has 0 aliphatic carbocycles. The standard InChI is InChI=1S/C22H21N3O3/c23-12-17(22(26)25-11-5-7-16-6-1-2-8-19(16)25)13-24-14-18-15-27-20-9-3-4-10-21(20)28-18/h1-4,6,8-10,13,18,24H,5,7,11,14-15H2/b17-13-. The number of amides is 1. The topological polar surface area (TPSA) is 74.6 Å². The largest absolute Gasteiger partial charge is 0.486 e. The summed E-state index contributed by atoms with van der Waals surface area (Å²) in [6.07, 6.45) is 3.12. The van der Waals surface area contributed by atoms with Gasteiger partial charge in [-0.3, -0.25) is 4.79 Å². The van der Waals surface area contributed by atoms with Crippen molar-refractivity contribution in [2.45, 2.75) is 18.9 Å². The van der Waals surface area contributed by atoms with E-state index in [2.05, 4.69) is 5.32 Å². The van der Waals surface area contributed by atoms with E-state index in [4.69, 9.17) is 9.47 Å². The van der Waals surface area contributed by atoms with E-state index in [1.165, 1.54) is 6.20 Å². The summed E-state index contributed by atoms with van der Waals surface area (Å²) in [4.78, 5) is 14.6. The smallest absolute Gasteiger partial charge is 0.270 e. The van der Waals surface area contributed by atoms with Gasteiger partial charge in [-0.25, -0.2) is 0 Å². The van der Waals surface area contributed by atoms with Gasteiger partial charge in [-0.2, -0.15) is 5.26 Å². The highest BCUT2D eigenvalue weighted by atomic mass is 16.6. The summed E-state index contributed by atoms with van der Waals surface area (Å²) in [6, 6.07) is 17.4. The molecule has 0 spiro atoms. The Morgan fingerprint density at radius 1 is 1.21 bits per heavy atom. The van der Waals surface area contributed by atoms with Crippen molar-refractivity contribution in [3.63, 3.8) is 0 Å². The Morgan fingerprint density at radius 2 is 2.00 bits per heavy atom. The second-order valence-electron chi connectivity index (χ2n) is 6.76. The molecule has 2 aliphatic rings. The van der Waals surface area contributed by atoms with Gasteiger partial charge < -0.3 is 19.7 Å². The van der Waals surface area contributed by atoms with E-state index < -0.39 is 0 Å². The van der Waals surface area contributed by atoms with Gasteiger partial charge in [0.2, 0.25) is 0 Å². The van der Waals surface area contributed by atoms with Gasteiger partial charge in [0.15, 0.2) is 11.5 Å². The third-order valence-electron chi connectivity index (χ3n) is 4.87. The predicted molar refractivity (Wildman–Crippen MR) is 105 cm³/mol. The summed E-state index contributed by atoms with van der Waals surface area (Å²) in [6.45, 7) is 1.46. The molecule has 0 fully saturated rings. The van der Waals surface area contributed by atoms with Gasteiger partial charge in [-0.1, -0.05) is 30.3 Å². The van der Waals surface area contributed by atoms with Crippen LogP contribution in [0.3, 0.4) is 0 Å². The first-order valence-corrected chi connectivity index (χ1v) is 9.38. The van der Waals surface area contributed by atoms with Crippen LogP contribution in [0.2, 0.25) is 0 Å². The Labute approximate surface area is 164 Å². The monoisotopic (exact) mass is 375 g/mol. The molecule has 1 amide bonds. The second-order valence-corrected chi connectivity index (χ2v) is 6.76. The molecular formula is C22H21N3O3. The number of fused-ring (bicyclic) bond motifs is 2. The van der Waals surface area contributed by atoms with Crippen LogP contribution in [0, 0.1) is 11.3 Å². The molecule has 28 heavy (non-hydrogen) atoms. The number of aryl methyl sites for hydroxylation is 1. The maximum Gasteiger partial charge on any atom is 0.270 e. The summed E-state index contributed by atoms with van der Waals surface area (Å²) in [7, 11) is 0. The highest BCUT2D eigenvalue weighted by molar-refractivity contribution is 6.08. The summed E-state index contributed by atoms with van der Waals surface area (Å²) >= 11 is 0. The van der Waals surface area contributed by atoms with Crippen LogP contribution >= 0.6 is 0 Å². The summed E-state index contributed by atoms with van der Waals surface area (Å²) in [5, 5.41) is 12.5. The quantitative estimate of drug-likeness (QED) is 0.657. The minimum absolute atomic E-state index is 0.0776. The Kier molecular flexibility index (Phi) is 5.16. The van der Waals surface area contributed by atoms with Crippen LogP contribution in [0.1, 0.15) is 12.0 Å². The van der Waals surface area contributed by atoms with Crippen molar-refractivity contribution in [2.24, 2.45) is 0 Å². The SMILES string of the molecule is N#C/C(=C/NCC1COc2ccccc2O1)C(=O)N1CCCc2ccccc21. The molecule has 0 saturated heterocycles. The molecule has 2 aliphatic heterocycles. The van der Waals surface area contributed by atoms with Crippen molar-refractivity contribution in [3.8, 4) is 17.6 Å². The lowest BCUT2D eigenvalue weighted by molar-refractivity contribution is -0.114. The first-order chi connectivity index (χ1) is 13.8. The van der Waals surface area contributed by atoms with E-state index in [1.807, 2.05) is 54.6 Å². The molecule has 6 nitrogen and oxygen atoms in total. The zero-order valence-electron chi connectivity index (χ0n) is 15.4. The first-order valence-electron chi connectivity index (χ1n) is 9.38. The lowest BCUT2D eigenvalue weighted by atomic mass is 10.0. The van der Waals surface area contributed by atoms with Gasteiger partial charge in [-0.05, 0) is 36.6 Å². The van der Waals surface area contributed by atoms with Crippen molar-refractivity contribution >= 4 is 11.6 Å². The van der Waals surface area contributed by atoms with Crippen molar-refractivity contribution in [2.75, 3.05) is 24.6 Å². The fraction of sp³-hybridized carbons (Fsp3) is 0.273. The molecule has 4 rings (SSSR count). The van der Waals surface area contributed by atoms with Crippen LogP contribution in [0.4, 0.5) is 5.69 Å². The molecular weight excluding hydrogens is 354 g/mol. The highest BCUT2D eigenvalue weighted by Crippen LogP contribution is 2.31. The first kappa shape index (κ1) is 17.9. The number of carbonyl (C=O) groups is 1. The summed E-state index contributed by atoms with van der Waals surface area (Å²) < 4.78 is 11.6. The van der Waals surface area contributed by atoms with E-state index >= 15 is 0 Å². The maximum atomic E-state index is 12.9. The molecule has 0 aromatic heterocycles. The molecule has 2 aromatic rings. The van der Waals surface area contributed by atoms with Gasteiger partial charge >= 0.3 is 0 Å². The lowest BCUT2D eigenvalue weighted by Gasteiger charge is -2.29. The molecule has 6 heteroatoms. The lowest BCUT2D eigenvalue weighted by Crippen LogP contribution is -2.38. The molecule has 0 bridgehead atoms. The van der Waals surface area contributed by atoms with E-state index in [-0.39, 0.29) is 17.6 Å². The number of benzene rings is 2. The maximum absolute atomic E-state index is 12.9. The average molecular weight is 375 g/mol. The Bertz CT molecular complexity index is 948. The van der Waals surface area contributed by atoms with Crippen LogP contribution < -0.4 is 19.7 Å². The van der Waals surface area contributed by atoms with Crippen LogP contribution in [0.15, 0.2) is 60.3 Å². The van der Waals surface area contributed by atoms with Gasteiger partial charge in [0.1, 0.15) is 24.4 Å². The van der Waals surface area contributed by atoms with Crippen molar-refractivity contribution in [1.29, 1.82) is 5.26 Å². The molecule has 0 saturated carbocycles. The van der Waals surface area contributed by atoms with E-state index in [9.17, 15) is 10.1 Å². The highest BCUT2D eigenvalue weighted by Gasteiger charge is 2.25. The Morgan fingerprint density at radius 3 is 2.86 bits per heavy atom. The van der Waals surface area contributed by atoms with Crippen LogP contribution in [0.5, 0.6) is 11.5 Å². The molecule has 2 heterocycles. The Hall–Kier alpha value is -3.46. The fourth-order valence-corrected chi connectivity index (χ4v) is 3.49. The summed E-state index contributed by atoms with van der Waals surface area (Å²) in [5.41, 5.74) is 2.10. The second kappa shape index (κ2) is 8.05. The van der Waals surface area contributed by atoms with E-state index in [1.54, 1.807) is 4.90 Å². The number of nitrogens with one attached hydrogen (secondary N) is 1. The van der Waals surface area contributed by atoms with Gasteiger partial charge in [0, 0.05) is 18.4 Å². The molecule has 2 aromatic carbocycles. The third-order valence-corrected chi connectivity index (χ3v) is 4.87. The number of hydrogen-bond acceptors (Lipinski definition) is 5.